The van der Waals surface area contributed by atoms with Crippen LogP contribution in [0.4, 0.5) is 0 Å². The van der Waals surface area contributed by atoms with Crippen LogP contribution in [0.2, 0.25) is 5.02 Å². The number of hydrogen-bond acceptors (Lipinski definition) is 5. The van der Waals surface area contributed by atoms with Crippen LogP contribution >= 0.6 is 11.6 Å². The van der Waals surface area contributed by atoms with E-state index in [1.54, 1.807) is 7.11 Å². The topological polar surface area (TPSA) is 64.6 Å². The van der Waals surface area contributed by atoms with Gasteiger partial charge in [0, 0.05) is 41.4 Å². The van der Waals surface area contributed by atoms with Crippen molar-refractivity contribution in [3.63, 3.8) is 0 Å². The van der Waals surface area contributed by atoms with Crippen molar-refractivity contribution < 1.29 is 14.3 Å². The van der Waals surface area contributed by atoms with Crippen LogP contribution in [-0.2, 0) is 22.6 Å². The first-order valence-corrected chi connectivity index (χ1v) is 11.6. The summed E-state index contributed by atoms with van der Waals surface area (Å²) in [6.07, 6.45) is 3.53. The van der Waals surface area contributed by atoms with E-state index < -0.39 is 0 Å². The molecule has 3 aromatic rings. The molecule has 33 heavy (non-hydrogen) atoms. The van der Waals surface area contributed by atoms with Gasteiger partial charge in [0.2, 0.25) is 5.91 Å². The molecule has 1 unspecified atom stereocenters. The van der Waals surface area contributed by atoms with Crippen molar-refractivity contribution in [2.45, 2.75) is 37.9 Å². The predicted octanol–water partition coefficient (Wildman–Crippen LogP) is 5.00. The average molecular weight is 464 g/mol. The minimum Gasteiger partial charge on any atom is -0.467 e. The third-order valence-corrected chi connectivity index (χ3v) is 7.01. The summed E-state index contributed by atoms with van der Waals surface area (Å²) >= 11 is 6.57. The summed E-state index contributed by atoms with van der Waals surface area (Å²) in [7, 11) is 1.60. The summed E-state index contributed by atoms with van der Waals surface area (Å²) in [6.45, 7) is 5.41. The quantitative estimate of drug-likeness (QED) is 0.509. The molecular formula is C26H26ClN3O3. The predicted molar refractivity (Wildman–Crippen MR) is 128 cm³/mol. The zero-order valence-electron chi connectivity index (χ0n) is 18.6. The molecule has 0 bridgehead atoms. The van der Waals surface area contributed by atoms with Crippen molar-refractivity contribution in [2.24, 2.45) is 0 Å². The van der Waals surface area contributed by atoms with Crippen molar-refractivity contribution >= 4 is 28.3 Å². The van der Waals surface area contributed by atoms with Crippen LogP contribution in [-0.4, -0.2) is 41.0 Å². The first-order valence-electron chi connectivity index (χ1n) is 11.2. The molecule has 0 spiro atoms. The largest absolute Gasteiger partial charge is 0.467 e. The number of halogens is 1. The molecule has 1 saturated heterocycles. The zero-order chi connectivity index (χ0) is 22.9. The smallest absolute Gasteiger partial charge is 0.316 e. The number of aromatic nitrogens is 2. The molecule has 2 aliphatic rings. The van der Waals surface area contributed by atoms with Gasteiger partial charge in [-0.25, -0.2) is 0 Å². The Hall–Kier alpha value is -2.96. The number of fused-ring (bicyclic) bond motifs is 2. The van der Waals surface area contributed by atoms with E-state index in [1.807, 2.05) is 23.1 Å². The van der Waals surface area contributed by atoms with Crippen LogP contribution in [0, 0.1) is 0 Å². The van der Waals surface area contributed by atoms with Gasteiger partial charge in [-0.3, -0.25) is 4.79 Å². The van der Waals surface area contributed by atoms with E-state index in [9.17, 15) is 4.79 Å². The summed E-state index contributed by atoms with van der Waals surface area (Å²) in [5.74, 6) is 0.215. The number of benzene rings is 2. The second kappa shape index (κ2) is 9.12. The van der Waals surface area contributed by atoms with Crippen LogP contribution in [0.15, 0.2) is 49.1 Å². The molecule has 5 rings (SSSR count). The molecular weight excluding hydrogens is 438 g/mol. The van der Waals surface area contributed by atoms with Gasteiger partial charge in [-0.2, -0.15) is 9.97 Å². The molecule has 3 heterocycles. The highest BCUT2D eigenvalue weighted by molar-refractivity contribution is 6.35. The summed E-state index contributed by atoms with van der Waals surface area (Å²) in [5, 5.41) is 2.84. The van der Waals surface area contributed by atoms with Crippen molar-refractivity contribution in [3.05, 3.63) is 76.6 Å². The summed E-state index contributed by atoms with van der Waals surface area (Å²) in [5.41, 5.74) is 4.06. The SMILES string of the molecule is C=CC(=O)N1CCC(c2nc(OC)nc3c2COC(c2cccc4cccc(Cl)c24)C3)CC1. The Morgan fingerprint density at radius 3 is 2.70 bits per heavy atom. The van der Waals surface area contributed by atoms with Gasteiger partial charge in [-0.1, -0.05) is 48.5 Å². The van der Waals surface area contributed by atoms with Gasteiger partial charge in [-0.05, 0) is 35.9 Å². The summed E-state index contributed by atoms with van der Waals surface area (Å²) < 4.78 is 11.8. The minimum atomic E-state index is -0.152. The van der Waals surface area contributed by atoms with E-state index in [4.69, 9.17) is 31.0 Å². The molecule has 2 aliphatic heterocycles. The van der Waals surface area contributed by atoms with Gasteiger partial charge in [0.25, 0.3) is 0 Å². The average Bonchev–Trinajstić information content (AvgIpc) is 2.87. The number of likely N-dealkylation sites (tertiary alicyclic amines) is 1. The molecule has 7 heteroatoms. The lowest BCUT2D eigenvalue weighted by Crippen LogP contribution is -2.37. The van der Waals surface area contributed by atoms with Gasteiger partial charge in [0.1, 0.15) is 0 Å². The van der Waals surface area contributed by atoms with Crippen molar-refractivity contribution in [1.82, 2.24) is 14.9 Å². The Kier molecular flexibility index (Phi) is 6.04. The standard InChI is InChI=1S/C26H26ClN3O3/c1-3-23(31)30-12-10-17(11-13-30)25-19-15-33-22(14-21(19)28-26(29-25)32-2)18-8-4-6-16-7-5-9-20(27)24(16)18/h3-9,17,22H,1,10-15H2,2H3. The minimum absolute atomic E-state index is 0.0179. The van der Waals surface area contributed by atoms with Gasteiger partial charge in [0.15, 0.2) is 0 Å². The fourth-order valence-electron chi connectivity index (χ4n) is 4.99. The highest BCUT2D eigenvalue weighted by Gasteiger charge is 2.32. The number of hydrogen-bond donors (Lipinski definition) is 0. The number of methoxy groups -OCH3 is 1. The highest BCUT2D eigenvalue weighted by Crippen LogP contribution is 2.40. The number of amides is 1. The highest BCUT2D eigenvalue weighted by atomic mass is 35.5. The lowest BCUT2D eigenvalue weighted by atomic mass is 9.87. The molecule has 1 atom stereocenters. The third-order valence-electron chi connectivity index (χ3n) is 6.70. The second-order valence-electron chi connectivity index (χ2n) is 8.51. The van der Waals surface area contributed by atoms with E-state index in [-0.39, 0.29) is 17.9 Å². The molecule has 1 amide bonds. The second-order valence-corrected chi connectivity index (χ2v) is 8.92. The van der Waals surface area contributed by atoms with Crippen LogP contribution < -0.4 is 4.74 Å². The van der Waals surface area contributed by atoms with Crippen molar-refractivity contribution in [3.8, 4) is 6.01 Å². The number of carbonyl (C=O) groups excluding carboxylic acids is 1. The van der Waals surface area contributed by atoms with E-state index in [0.29, 0.717) is 32.1 Å². The number of rotatable bonds is 4. The van der Waals surface area contributed by atoms with E-state index in [1.165, 1.54) is 6.08 Å². The molecule has 2 aromatic carbocycles. The Bertz CT molecular complexity index is 1220. The van der Waals surface area contributed by atoms with Crippen LogP contribution in [0.5, 0.6) is 6.01 Å². The van der Waals surface area contributed by atoms with E-state index in [0.717, 1.165) is 51.2 Å². The van der Waals surface area contributed by atoms with Gasteiger partial charge in [0.05, 0.1) is 31.2 Å². The first-order chi connectivity index (χ1) is 16.1. The molecule has 6 nitrogen and oxygen atoms in total. The van der Waals surface area contributed by atoms with Crippen LogP contribution in [0.3, 0.4) is 0 Å². The Morgan fingerprint density at radius 2 is 1.97 bits per heavy atom. The lowest BCUT2D eigenvalue weighted by molar-refractivity contribution is -0.127. The number of nitrogens with zero attached hydrogens (tertiary/aromatic N) is 3. The molecule has 0 aliphatic carbocycles. The molecule has 1 fully saturated rings. The zero-order valence-corrected chi connectivity index (χ0v) is 19.3. The first kappa shape index (κ1) is 21.9. The lowest BCUT2D eigenvalue weighted by Gasteiger charge is -2.33. The maximum atomic E-state index is 12.0. The van der Waals surface area contributed by atoms with Crippen molar-refractivity contribution in [2.75, 3.05) is 20.2 Å². The monoisotopic (exact) mass is 463 g/mol. The number of ether oxygens (including phenoxy) is 2. The van der Waals surface area contributed by atoms with Crippen LogP contribution in [0.25, 0.3) is 10.8 Å². The normalized spacial score (nSPS) is 18.7. The van der Waals surface area contributed by atoms with Gasteiger partial charge in [-0.15, -0.1) is 0 Å². The fourth-order valence-corrected chi connectivity index (χ4v) is 5.28. The Labute approximate surface area is 198 Å². The number of carbonyl (C=O) groups is 1. The third kappa shape index (κ3) is 4.09. The van der Waals surface area contributed by atoms with Gasteiger partial charge < -0.3 is 14.4 Å². The molecule has 0 radical (unpaired) electrons. The maximum absolute atomic E-state index is 12.0. The number of piperidine rings is 1. The maximum Gasteiger partial charge on any atom is 0.316 e. The van der Waals surface area contributed by atoms with E-state index in [2.05, 4.69) is 24.8 Å². The molecule has 0 N–H and O–H groups in total. The van der Waals surface area contributed by atoms with Gasteiger partial charge >= 0.3 is 6.01 Å². The van der Waals surface area contributed by atoms with E-state index >= 15 is 0 Å². The summed E-state index contributed by atoms with van der Waals surface area (Å²) in [4.78, 5) is 23.2. The fraction of sp³-hybridized carbons (Fsp3) is 0.346. The van der Waals surface area contributed by atoms with Crippen LogP contribution in [0.1, 0.15) is 47.4 Å². The summed E-state index contributed by atoms with van der Waals surface area (Å²) in [6, 6.07) is 12.5. The Morgan fingerprint density at radius 1 is 1.21 bits per heavy atom. The molecule has 170 valence electrons. The Balaban J connectivity index is 1.46. The molecule has 0 saturated carbocycles. The molecule has 1 aromatic heterocycles. The van der Waals surface area contributed by atoms with Crippen molar-refractivity contribution in [1.29, 1.82) is 0 Å².